The first kappa shape index (κ1) is 18.0. The zero-order valence-electron chi connectivity index (χ0n) is 14.4. The van der Waals surface area contributed by atoms with Gasteiger partial charge in [-0.1, -0.05) is 0 Å². The van der Waals surface area contributed by atoms with Crippen LogP contribution in [0.1, 0.15) is 17.3 Å². The largest absolute Gasteiger partial charge is 0.326 e. The van der Waals surface area contributed by atoms with Gasteiger partial charge in [0, 0.05) is 36.4 Å². The first-order valence-electron chi connectivity index (χ1n) is 8.03. The van der Waals surface area contributed by atoms with Crippen LogP contribution in [-0.4, -0.2) is 21.8 Å². The van der Waals surface area contributed by atoms with Gasteiger partial charge >= 0.3 is 0 Å². The number of halogens is 1. The van der Waals surface area contributed by atoms with E-state index in [1.165, 1.54) is 31.5 Å². The van der Waals surface area contributed by atoms with Gasteiger partial charge in [-0.05, 0) is 48.5 Å². The SMILES string of the molecule is CC(=O)Nc1ccc(NC(=O)c2cnc(Nc3ccc(F)cc3)nc2)cc1. The van der Waals surface area contributed by atoms with E-state index < -0.39 is 0 Å². The minimum Gasteiger partial charge on any atom is -0.326 e. The summed E-state index contributed by atoms with van der Waals surface area (Å²) in [7, 11) is 0. The van der Waals surface area contributed by atoms with Crippen LogP contribution in [0.4, 0.5) is 27.4 Å². The molecular weight excluding hydrogens is 349 g/mol. The predicted octanol–water partition coefficient (Wildman–Crippen LogP) is 3.57. The average Bonchev–Trinajstić information content (AvgIpc) is 2.65. The van der Waals surface area contributed by atoms with Crippen LogP contribution in [0.15, 0.2) is 60.9 Å². The van der Waals surface area contributed by atoms with Crippen molar-refractivity contribution < 1.29 is 14.0 Å². The highest BCUT2D eigenvalue weighted by Gasteiger charge is 2.08. The van der Waals surface area contributed by atoms with Crippen LogP contribution in [-0.2, 0) is 4.79 Å². The van der Waals surface area contributed by atoms with E-state index in [0.717, 1.165) is 0 Å². The third kappa shape index (κ3) is 5.08. The van der Waals surface area contributed by atoms with Crippen molar-refractivity contribution in [2.45, 2.75) is 6.92 Å². The molecule has 3 N–H and O–H groups in total. The molecule has 3 rings (SSSR count). The minimum absolute atomic E-state index is 0.168. The quantitative estimate of drug-likeness (QED) is 0.642. The summed E-state index contributed by atoms with van der Waals surface area (Å²) in [6, 6.07) is 12.5. The Labute approximate surface area is 154 Å². The molecule has 2 amide bonds. The standard InChI is InChI=1S/C19H16FN5O2/c1-12(26)23-15-6-8-16(9-7-15)24-18(27)13-10-21-19(22-11-13)25-17-4-2-14(20)3-5-17/h2-11H,1H3,(H,23,26)(H,24,27)(H,21,22,25). The number of hydrogen-bond donors (Lipinski definition) is 3. The molecule has 27 heavy (non-hydrogen) atoms. The Morgan fingerprint density at radius 3 is 1.89 bits per heavy atom. The molecule has 0 bridgehead atoms. The maximum atomic E-state index is 12.9. The lowest BCUT2D eigenvalue weighted by Crippen LogP contribution is -2.13. The number of aromatic nitrogens is 2. The van der Waals surface area contributed by atoms with Crippen molar-refractivity contribution >= 4 is 34.8 Å². The molecule has 0 aliphatic heterocycles. The number of benzene rings is 2. The third-order valence-corrected chi connectivity index (χ3v) is 3.48. The molecule has 1 aromatic heterocycles. The van der Waals surface area contributed by atoms with E-state index in [1.807, 2.05) is 0 Å². The van der Waals surface area contributed by atoms with Crippen LogP contribution in [0.25, 0.3) is 0 Å². The topological polar surface area (TPSA) is 96.0 Å². The zero-order valence-corrected chi connectivity index (χ0v) is 14.4. The van der Waals surface area contributed by atoms with Gasteiger partial charge in [0.05, 0.1) is 5.56 Å². The Morgan fingerprint density at radius 1 is 0.815 bits per heavy atom. The Balaban J connectivity index is 1.61. The summed E-state index contributed by atoms with van der Waals surface area (Å²) in [6.45, 7) is 1.42. The molecule has 1 heterocycles. The molecule has 0 fully saturated rings. The first-order chi connectivity index (χ1) is 13.0. The van der Waals surface area contributed by atoms with E-state index in [-0.39, 0.29) is 29.1 Å². The average molecular weight is 365 g/mol. The summed E-state index contributed by atoms with van der Waals surface area (Å²) in [6.07, 6.45) is 2.78. The number of hydrogen-bond acceptors (Lipinski definition) is 5. The van der Waals surface area contributed by atoms with Crippen molar-refractivity contribution in [3.8, 4) is 0 Å². The van der Waals surface area contributed by atoms with Gasteiger partial charge in [0.2, 0.25) is 11.9 Å². The fourth-order valence-electron chi connectivity index (χ4n) is 2.22. The molecular formula is C19H16FN5O2. The molecule has 136 valence electrons. The molecule has 8 heteroatoms. The summed E-state index contributed by atoms with van der Waals surface area (Å²) in [4.78, 5) is 31.4. The lowest BCUT2D eigenvalue weighted by atomic mass is 10.2. The molecule has 0 aliphatic rings. The number of carbonyl (C=O) groups excluding carboxylic acids is 2. The Bertz CT molecular complexity index is 941. The van der Waals surface area contributed by atoms with Crippen molar-refractivity contribution in [3.63, 3.8) is 0 Å². The van der Waals surface area contributed by atoms with Crippen LogP contribution in [0, 0.1) is 5.82 Å². The summed E-state index contributed by atoms with van der Waals surface area (Å²) >= 11 is 0. The van der Waals surface area contributed by atoms with Gasteiger partial charge in [-0.15, -0.1) is 0 Å². The van der Waals surface area contributed by atoms with Crippen LogP contribution in [0.3, 0.4) is 0 Å². The molecule has 0 aliphatic carbocycles. The number of carbonyl (C=O) groups is 2. The number of nitrogens with zero attached hydrogens (tertiary/aromatic N) is 2. The molecule has 0 spiro atoms. The second-order valence-electron chi connectivity index (χ2n) is 5.64. The van der Waals surface area contributed by atoms with Gasteiger partial charge < -0.3 is 16.0 Å². The number of rotatable bonds is 5. The minimum atomic E-state index is -0.365. The second kappa shape index (κ2) is 8.05. The summed E-state index contributed by atoms with van der Waals surface area (Å²) < 4.78 is 12.9. The van der Waals surface area contributed by atoms with Crippen molar-refractivity contribution in [1.29, 1.82) is 0 Å². The summed E-state index contributed by atoms with van der Waals surface area (Å²) in [5.74, 6) is -0.578. The maximum Gasteiger partial charge on any atom is 0.258 e. The second-order valence-corrected chi connectivity index (χ2v) is 5.64. The van der Waals surface area contributed by atoms with E-state index in [9.17, 15) is 14.0 Å². The number of amides is 2. The van der Waals surface area contributed by atoms with E-state index in [0.29, 0.717) is 17.1 Å². The number of nitrogens with one attached hydrogen (secondary N) is 3. The van der Waals surface area contributed by atoms with Crippen LogP contribution >= 0.6 is 0 Å². The molecule has 3 aromatic rings. The van der Waals surface area contributed by atoms with Gasteiger partial charge in [-0.2, -0.15) is 0 Å². The van der Waals surface area contributed by atoms with Gasteiger partial charge in [-0.3, -0.25) is 9.59 Å². The van der Waals surface area contributed by atoms with Crippen LogP contribution in [0.5, 0.6) is 0 Å². The lowest BCUT2D eigenvalue weighted by Gasteiger charge is -2.08. The van der Waals surface area contributed by atoms with Crippen molar-refractivity contribution in [1.82, 2.24) is 9.97 Å². The molecule has 2 aromatic carbocycles. The molecule has 0 saturated carbocycles. The third-order valence-electron chi connectivity index (χ3n) is 3.48. The molecule has 0 radical (unpaired) electrons. The molecule has 0 saturated heterocycles. The predicted molar refractivity (Wildman–Crippen MR) is 100 cm³/mol. The zero-order chi connectivity index (χ0) is 19.2. The fraction of sp³-hybridized carbons (Fsp3) is 0.0526. The van der Waals surface area contributed by atoms with Crippen LogP contribution < -0.4 is 16.0 Å². The first-order valence-corrected chi connectivity index (χ1v) is 8.03. The highest BCUT2D eigenvalue weighted by atomic mass is 19.1. The van der Waals surface area contributed by atoms with Crippen molar-refractivity contribution in [2.75, 3.05) is 16.0 Å². The van der Waals surface area contributed by atoms with Crippen LogP contribution in [0.2, 0.25) is 0 Å². The Morgan fingerprint density at radius 2 is 1.33 bits per heavy atom. The van der Waals surface area contributed by atoms with Gasteiger partial charge in [0.25, 0.3) is 5.91 Å². The van der Waals surface area contributed by atoms with E-state index in [2.05, 4.69) is 25.9 Å². The monoisotopic (exact) mass is 365 g/mol. The van der Waals surface area contributed by atoms with Crippen molar-refractivity contribution in [2.24, 2.45) is 0 Å². The van der Waals surface area contributed by atoms with E-state index in [1.54, 1.807) is 36.4 Å². The van der Waals surface area contributed by atoms with Crippen molar-refractivity contribution in [3.05, 3.63) is 72.3 Å². The molecule has 0 unspecified atom stereocenters. The van der Waals surface area contributed by atoms with Gasteiger partial charge in [-0.25, -0.2) is 14.4 Å². The maximum absolute atomic E-state index is 12.9. The normalized spacial score (nSPS) is 10.1. The number of anilines is 4. The molecule has 0 atom stereocenters. The highest BCUT2D eigenvalue weighted by molar-refractivity contribution is 6.04. The van der Waals surface area contributed by atoms with Gasteiger partial charge in [0.1, 0.15) is 5.82 Å². The summed E-state index contributed by atoms with van der Waals surface area (Å²) in [5.41, 5.74) is 2.13. The lowest BCUT2D eigenvalue weighted by molar-refractivity contribution is -0.114. The highest BCUT2D eigenvalue weighted by Crippen LogP contribution is 2.16. The van der Waals surface area contributed by atoms with E-state index in [4.69, 9.17) is 0 Å². The van der Waals surface area contributed by atoms with Gasteiger partial charge in [0.15, 0.2) is 0 Å². The fourth-order valence-corrected chi connectivity index (χ4v) is 2.22. The summed E-state index contributed by atoms with van der Waals surface area (Å²) in [5, 5.41) is 8.28. The Hall–Kier alpha value is -3.81. The smallest absolute Gasteiger partial charge is 0.258 e. The van der Waals surface area contributed by atoms with E-state index >= 15 is 0 Å². The Kier molecular flexibility index (Phi) is 5.36. The molecule has 7 nitrogen and oxygen atoms in total.